The third kappa shape index (κ3) is 6.10. The summed E-state index contributed by atoms with van der Waals surface area (Å²) in [5.41, 5.74) is 4.81. The van der Waals surface area contributed by atoms with Gasteiger partial charge in [0.2, 0.25) is 0 Å². The molecule has 1 aromatic heterocycles. The second-order valence-corrected chi connectivity index (χ2v) is 6.96. The zero-order chi connectivity index (χ0) is 24.0. The Kier molecular flexibility index (Phi) is 6.97. The SMILES string of the molecule is CNC(=O)c1cc(Oc2ccc(C(=O)NNC(=O)c3ccc(C(C)(F)F)cc3)cc2)ccn1. The van der Waals surface area contributed by atoms with E-state index in [1.807, 2.05) is 0 Å². The van der Waals surface area contributed by atoms with E-state index in [-0.39, 0.29) is 28.3 Å². The van der Waals surface area contributed by atoms with E-state index < -0.39 is 17.7 Å². The third-order valence-electron chi connectivity index (χ3n) is 4.49. The summed E-state index contributed by atoms with van der Waals surface area (Å²) in [5.74, 6) is -3.80. The third-order valence-corrected chi connectivity index (χ3v) is 4.49. The van der Waals surface area contributed by atoms with Crippen LogP contribution in [0.4, 0.5) is 8.78 Å². The maximum absolute atomic E-state index is 13.3. The number of hydrogen-bond donors (Lipinski definition) is 3. The van der Waals surface area contributed by atoms with Gasteiger partial charge in [-0.15, -0.1) is 0 Å². The molecule has 0 unspecified atom stereocenters. The quantitative estimate of drug-likeness (QED) is 0.495. The molecular formula is C23H20F2N4O4. The topological polar surface area (TPSA) is 109 Å². The molecule has 2 aromatic carbocycles. The maximum Gasteiger partial charge on any atom is 0.270 e. The largest absolute Gasteiger partial charge is 0.457 e. The molecule has 0 saturated carbocycles. The number of ether oxygens (including phenoxy) is 1. The minimum absolute atomic E-state index is 0.112. The first-order valence-corrected chi connectivity index (χ1v) is 9.72. The summed E-state index contributed by atoms with van der Waals surface area (Å²) >= 11 is 0. The summed E-state index contributed by atoms with van der Waals surface area (Å²) < 4.78 is 32.2. The number of amides is 3. The highest BCUT2D eigenvalue weighted by Gasteiger charge is 2.24. The molecule has 0 aliphatic heterocycles. The Hall–Kier alpha value is -4.34. The van der Waals surface area contributed by atoms with E-state index in [1.54, 1.807) is 18.2 Å². The van der Waals surface area contributed by atoms with Crippen molar-refractivity contribution in [2.45, 2.75) is 12.8 Å². The fourth-order valence-electron chi connectivity index (χ4n) is 2.71. The predicted molar refractivity (Wildman–Crippen MR) is 115 cm³/mol. The van der Waals surface area contributed by atoms with Gasteiger partial charge in [0.05, 0.1) is 0 Å². The van der Waals surface area contributed by atoms with Crippen LogP contribution in [0.3, 0.4) is 0 Å². The van der Waals surface area contributed by atoms with Crippen LogP contribution in [0.1, 0.15) is 43.7 Å². The highest BCUT2D eigenvalue weighted by atomic mass is 19.3. The van der Waals surface area contributed by atoms with Gasteiger partial charge in [0.15, 0.2) is 0 Å². The normalized spacial score (nSPS) is 10.8. The molecule has 0 saturated heterocycles. The summed E-state index contributed by atoms with van der Waals surface area (Å²) in [6, 6.07) is 13.9. The molecule has 170 valence electrons. The van der Waals surface area contributed by atoms with Crippen molar-refractivity contribution in [2.75, 3.05) is 7.05 Å². The van der Waals surface area contributed by atoms with Crippen molar-refractivity contribution in [2.24, 2.45) is 0 Å². The van der Waals surface area contributed by atoms with Gasteiger partial charge in [-0.3, -0.25) is 30.2 Å². The average Bonchev–Trinajstić information content (AvgIpc) is 2.82. The fraction of sp³-hybridized carbons (Fsp3) is 0.130. The number of halogens is 2. The van der Waals surface area contributed by atoms with Crippen LogP contribution in [0.2, 0.25) is 0 Å². The Bertz CT molecular complexity index is 1160. The van der Waals surface area contributed by atoms with Crippen molar-refractivity contribution in [3.8, 4) is 11.5 Å². The lowest BCUT2D eigenvalue weighted by molar-refractivity contribution is 0.0174. The van der Waals surface area contributed by atoms with Gasteiger partial charge in [0.25, 0.3) is 23.6 Å². The standard InChI is InChI=1S/C23H20F2N4O4/c1-23(24,25)16-7-3-14(4-8-16)20(30)28-29-21(31)15-5-9-17(10-6-15)33-18-11-12-27-19(13-18)22(32)26-2/h3-13H,1-2H3,(H,26,32)(H,28,30)(H,29,31). The first-order chi connectivity index (χ1) is 15.7. The number of pyridine rings is 1. The van der Waals surface area contributed by atoms with Crippen molar-refractivity contribution in [3.63, 3.8) is 0 Å². The second-order valence-electron chi connectivity index (χ2n) is 6.96. The smallest absolute Gasteiger partial charge is 0.270 e. The van der Waals surface area contributed by atoms with E-state index in [0.717, 1.165) is 19.1 Å². The predicted octanol–water partition coefficient (Wildman–Crippen LogP) is 3.42. The number of nitrogens with one attached hydrogen (secondary N) is 3. The van der Waals surface area contributed by atoms with Crippen LogP contribution in [0, 0.1) is 0 Å². The lowest BCUT2D eigenvalue weighted by Crippen LogP contribution is -2.41. The molecule has 0 radical (unpaired) electrons. The summed E-state index contributed by atoms with van der Waals surface area (Å²) in [4.78, 5) is 40.0. The number of alkyl halides is 2. The molecule has 33 heavy (non-hydrogen) atoms. The summed E-state index contributed by atoms with van der Waals surface area (Å²) in [5, 5.41) is 2.47. The van der Waals surface area contributed by atoms with Gasteiger partial charge < -0.3 is 10.1 Å². The molecule has 3 N–H and O–H groups in total. The van der Waals surface area contributed by atoms with E-state index in [0.29, 0.717) is 11.5 Å². The Morgan fingerprint density at radius 2 is 1.36 bits per heavy atom. The average molecular weight is 454 g/mol. The molecule has 0 atom stereocenters. The van der Waals surface area contributed by atoms with Gasteiger partial charge in [-0.05, 0) is 42.5 Å². The number of aromatic nitrogens is 1. The molecule has 8 nitrogen and oxygen atoms in total. The number of hydrogen-bond acceptors (Lipinski definition) is 5. The van der Waals surface area contributed by atoms with Crippen LogP contribution in [0.25, 0.3) is 0 Å². The number of benzene rings is 2. The summed E-state index contributed by atoms with van der Waals surface area (Å²) in [6.45, 7) is 0.762. The lowest BCUT2D eigenvalue weighted by atomic mass is 10.1. The zero-order valence-corrected chi connectivity index (χ0v) is 17.7. The van der Waals surface area contributed by atoms with Gasteiger partial charge in [-0.1, -0.05) is 12.1 Å². The van der Waals surface area contributed by atoms with Crippen LogP contribution in [-0.4, -0.2) is 29.8 Å². The molecule has 3 rings (SSSR count). The Labute approximate surface area is 188 Å². The Morgan fingerprint density at radius 3 is 1.88 bits per heavy atom. The highest BCUT2D eigenvalue weighted by molar-refractivity contribution is 5.99. The van der Waals surface area contributed by atoms with Crippen molar-refractivity contribution in [1.29, 1.82) is 0 Å². The highest BCUT2D eigenvalue weighted by Crippen LogP contribution is 2.26. The summed E-state index contributed by atoms with van der Waals surface area (Å²) in [7, 11) is 1.49. The molecule has 0 aliphatic rings. The van der Waals surface area contributed by atoms with Crippen LogP contribution < -0.4 is 20.9 Å². The molecule has 3 amide bonds. The van der Waals surface area contributed by atoms with Crippen LogP contribution in [0.15, 0.2) is 66.9 Å². The maximum atomic E-state index is 13.3. The van der Waals surface area contributed by atoms with E-state index >= 15 is 0 Å². The van der Waals surface area contributed by atoms with Crippen molar-refractivity contribution < 1.29 is 27.9 Å². The van der Waals surface area contributed by atoms with Gasteiger partial charge >= 0.3 is 0 Å². The molecule has 3 aromatic rings. The molecule has 0 fully saturated rings. The van der Waals surface area contributed by atoms with Crippen molar-refractivity contribution in [3.05, 3.63) is 89.2 Å². The van der Waals surface area contributed by atoms with Crippen LogP contribution in [-0.2, 0) is 5.92 Å². The van der Waals surface area contributed by atoms with E-state index in [9.17, 15) is 23.2 Å². The van der Waals surface area contributed by atoms with Crippen molar-refractivity contribution in [1.82, 2.24) is 21.2 Å². The Balaban J connectivity index is 1.57. The van der Waals surface area contributed by atoms with Gasteiger partial charge in [0.1, 0.15) is 17.2 Å². The van der Waals surface area contributed by atoms with Crippen molar-refractivity contribution >= 4 is 17.7 Å². The number of nitrogens with zero attached hydrogens (tertiary/aromatic N) is 1. The monoisotopic (exact) mass is 454 g/mol. The van der Waals surface area contributed by atoms with Crippen LogP contribution in [0.5, 0.6) is 11.5 Å². The van der Waals surface area contributed by atoms with Gasteiger partial charge in [-0.25, -0.2) is 8.78 Å². The van der Waals surface area contributed by atoms with E-state index in [1.165, 1.54) is 43.6 Å². The van der Waals surface area contributed by atoms with Crippen LogP contribution >= 0.6 is 0 Å². The molecule has 0 spiro atoms. The number of carbonyl (C=O) groups is 3. The minimum atomic E-state index is -3.01. The molecule has 1 heterocycles. The second kappa shape index (κ2) is 9.86. The van der Waals surface area contributed by atoms with Gasteiger partial charge in [-0.2, -0.15) is 0 Å². The first-order valence-electron chi connectivity index (χ1n) is 9.72. The molecular weight excluding hydrogens is 434 g/mol. The zero-order valence-electron chi connectivity index (χ0n) is 17.7. The molecule has 10 heteroatoms. The summed E-state index contributed by atoms with van der Waals surface area (Å²) in [6.07, 6.45) is 1.44. The van der Waals surface area contributed by atoms with E-state index in [2.05, 4.69) is 21.2 Å². The number of rotatable bonds is 6. The molecule has 0 aliphatic carbocycles. The first kappa shape index (κ1) is 23.3. The fourth-order valence-corrected chi connectivity index (χ4v) is 2.71. The van der Waals surface area contributed by atoms with E-state index in [4.69, 9.17) is 4.74 Å². The number of carbonyl (C=O) groups excluding carboxylic acids is 3. The minimum Gasteiger partial charge on any atom is -0.457 e. The lowest BCUT2D eigenvalue weighted by Gasteiger charge is -2.11. The Morgan fingerprint density at radius 1 is 0.818 bits per heavy atom. The number of hydrazine groups is 1. The van der Waals surface area contributed by atoms with Gasteiger partial charge in [0, 0.05) is 42.9 Å². The molecule has 0 bridgehead atoms.